The zero-order chi connectivity index (χ0) is 13.8. The summed E-state index contributed by atoms with van der Waals surface area (Å²) < 4.78 is 5.15. The van der Waals surface area contributed by atoms with Gasteiger partial charge >= 0.3 is 0 Å². The molecule has 1 aromatic carbocycles. The van der Waals surface area contributed by atoms with Crippen LogP contribution < -0.4 is 10.1 Å². The van der Waals surface area contributed by atoms with Crippen molar-refractivity contribution < 1.29 is 4.74 Å². The first-order chi connectivity index (χ1) is 9.15. The lowest BCUT2D eigenvalue weighted by molar-refractivity contribution is 0.415. The summed E-state index contributed by atoms with van der Waals surface area (Å²) >= 11 is 7.77. The van der Waals surface area contributed by atoms with Crippen LogP contribution >= 0.6 is 22.9 Å². The summed E-state index contributed by atoms with van der Waals surface area (Å²) in [6.07, 6.45) is 0. The topological polar surface area (TPSA) is 34.1 Å². The van der Waals surface area contributed by atoms with Gasteiger partial charge in [0.25, 0.3) is 0 Å². The van der Waals surface area contributed by atoms with Gasteiger partial charge in [-0.1, -0.05) is 18.5 Å². The number of nitrogens with zero attached hydrogens (tertiary/aromatic N) is 1. The molecule has 0 radical (unpaired) electrons. The fourth-order valence-corrected chi connectivity index (χ4v) is 3.00. The molecule has 0 aliphatic carbocycles. The number of halogens is 1. The normalized spacial score (nSPS) is 12.4. The van der Waals surface area contributed by atoms with Gasteiger partial charge in [0.2, 0.25) is 0 Å². The Bertz CT molecular complexity index is 556. The molecule has 1 unspecified atom stereocenters. The molecule has 5 heteroatoms. The second kappa shape index (κ2) is 6.37. The lowest BCUT2D eigenvalue weighted by atomic mass is 10.2. The zero-order valence-electron chi connectivity index (χ0n) is 11.2. The first-order valence-electron chi connectivity index (χ1n) is 6.18. The van der Waals surface area contributed by atoms with Crippen molar-refractivity contribution >= 4 is 22.9 Å². The van der Waals surface area contributed by atoms with Crippen LogP contribution in [0.3, 0.4) is 0 Å². The third-order valence-corrected chi connectivity index (χ3v) is 4.08. The number of aromatic nitrogens is 1. The second-order valence-electron chi connectivity index (χ2n) is 4.21. The Labute approximate surface area is 122 Å². The van der Waals surface area contributed by atoms with Gasteiger partial charge in [0.15, 0.2) is 0 Å². The van der Waals surface area contributed by atoms with E-state index in [9.17, 15) is 0 Å². The maximum Gasteiger partial charge on any atom is 0.137 e. The molecular weight excluding hydrogens is 280 g/mol. The van der Waals surface area contributed by atoms with Crippen molar-refractivity contribution in [3.8, 4) is 16.3 Å². The number of ether oxygens (including phenoxy) is 1. The number of hydrogen-bond acceptors (Lipinski definition) is 4. The lowest BCUT2D eigenvalue weighted by Gasteiger charge is -2.08. The van der Waals surface area contributed by atoms with Gasteiger partial charge in [0.05, 0.1) is 17.8 Å². The molecule has 1 aromatic heterocycles. The number of nitrogens with one attached hydrogen (secondary N) is 1. The fraction of sp³-hybridized carbons (Fsp3) is 0.357. The van der Waals surface area contributed by atoms with Gasteiger partial charge in [0.1, 0.15) is 10.8 Å². The summed E-state index contributed by atoms with van der Waals surface area (Å²) in [5.74, 6) is 0.684. The molecule has 0 fully saturated rings. The SMILES string of the molecule is CCNC(C)c1csc(-c2ccc(OC)c(Cl)c2)n1. The van der Waals surface area contributed by atoms with E-state index in [2.05, 4.69) is 29.5 Å². The van der Waals surface area contributed by atoms with Gasteiger partial charge in [0, 0.05) is 17.0 Å². The van der Waals surface area contributed by atoms with E-state index in [4.69, 9.17) is 16.3 Å². The average molecular weight is 297 g/mol. The fourth-order valence-electron chi connectivity index (χ4n) is 1.83. The molecule has 2 aromatic rings. The van der Waals surface area contributed by atoms with Gasteiger partial charge in [-0.2, -0.15) is 0 Å². The summed E-state index contributed by atoms with van der Waals surface area (Å²) in [6, 6.07) is 6.00. The smallest absolute Gasteiger partial charge is 0.137 e. The van der Waals surface area contributed by atoms with Crippen LogP contribution in [0.5, 0.6) is 5.75 Å². The summed E-state index contributed by atoms with van der Waals surface area (Å²) in [5, 5.41) is 7.02. The highest BCUT2D eigenvalue weighted by Gasteiger charge is 2.11. The van der Waals surface area contributed by atoms with Gasteiger partial charge < -0.3 is 10.1 Å². The maximum absolute atomic E-state index is 6.14. The van der Waals surface area contributed by atoms with Crippen molar-refractivity contribution in [1.82, 2.24) is 10.3 Å². The maximum atomic E-state index is 6.14. The molecule has 0 saturated heterocycles. The zero-order valence-corrected chi connectivity index (χ0v) is 12.8. The largest absolute Gasteiger partial charge is 0.495 e. The summed E-state index contributed by atoms with van der Waals surface area (Å²) in [4.78, 5) is 4.65. The van der Waals surface area contributed by atoms with Crippen molar-refractivity contribution in [3.05, 3.63) is 34.3 Å². The summed E-state index contributed by atoms with van der Waals surface area (Å²) in [6.45, 7) is 5.14. The first-order valence-corrected chi connectivity index (χ1v) is 7.44. The number of hydrogen-bond donors (Lipinski definition) is 1. The van der Waals surface area contributed by atoms with Crippen LogP contribution in [-0.4, -0.2) is 18.6 Å². The number of thiazole rings is 1. The molecule has 0 aliphatic heterocycles. The molecule has 0 amide bonds. The third kappa shape index (κ3) is 3.26. The lowest BCUT2D eigenvalue weighted by Crippen LogP contribution is -2.17. The Morgan fingerprint density at radius 1 is 1.47 bits per heavy atom. The Balaban J connectivity index is 2.25. The van der Waals surface area contributed by atoms with Crippen LogP contribution in [0.2, 0.25) is 5.02 Å². The average Bonchev–Trinajstić information content (AvgIpc) is 2.88. The van der Waals surface area contributed by atoms with Gasteiger partial charge in [-0.05, 0) is 31.7 Å². The standard InChI is InChI=1S/C14H17ClN2OS/c1-4-16-9(2)12-8-19-14(17-12)10-5-6-13(18-3)11(15)7-10/h5-9,16H,4H2,1-3H3. The molecular formula is C14H17ClN2OS. The van der Waals surface area contributed by atoms with Crippen LogP contribution in [0.4, 0.5) is 0 Å². The molecule has 1 heterocycles. The third-order valence-electron chi connectivity index (χ3n) is 2.87. The van der Waals surface area contributed by atoms with E-state index in [1.807, 2.05) is 18.2 Å². The molecule has 102 valence electrons. The first kappa shape index (κ1) is 14.3. The van der Waals surface area contributed by atoms with E-state index >= 15 is 0 Å². The minimum absolute atomic E-state index is 0.267. The number of methoxy groups -OCH3 is 1. The van der Waals surface area contributed by atoms with Crippen molar-refractivity contribution in [3.63, 3.8) is 0 Å². The molecule has 3 nitrogen and oxygen atoms in total. The van der Waals surface area contributed by atoms with E-state index in [0.29, 0.717) is 10.8 Å². The van der Waals surface area contributed by atoms with E-state index in [0.717, 1.165) is 22.8 Å². The number of benzene rings is 1. The van der Waals surface area contributed by atoms with Gasteiger partial charge in [-0.3, -0.25) is 0 Å². The van der Waals surface area contributed by atoms with Crippen LogP contribution in [0.15, 0.2) is 23.6 Å². The summed E-state index contributed by atoms with van der Waals surface area (Å²) in [5.41, 5.74) is 2.08. The Kier molecular flexibility index (Phi) is 4.80. The molecule has 0 saturated carbocycles. The second-order valence-corrected chi connectivity index (χ2v) is 5.47. The van der Waals surface area contributed by atoms with Crippen LogP contribution in [0.25, 0.3) is 10.6 Å². The quantitative estimate of drug-likeness (QED) is 0.900. The number of rotatable bonds is 5. The van der Waals surface area contributed by atoms with Crippen molar-refractivity contribution in [2.24, 2.45) is 0 Å². The highest BCUT2D eigenvalue weighted by atomic mass is 35.5. The molecule has 2 rings (SSSR count). The van der Waals surface area contributed by atoms with E-state index in [1.165, 1.54) is 0 Å². The van der Waals surface area contributed by atoms with Crippen LogP contribution in [0.1, 0.15) is 25.6 Å². The van der Waals surface area contributed by atoms with Crippen molar-refractivity contribution in [2.45, 2.75) is 19.9 Å². The summed E-state index contributed by atoms with van der Waals surface area (Å²) in [7, 11) is 1.61. The predicted octanol–water partition coefficient (Wildman–Crippen LogP) is 4.14. The molecule has 19 heavy (non-hydrogen) atoms. The predicted molar refractivity (Wildman–Crippen MR) is 81.2 cm³/mol. The minimum Gasteiger partial charge on any atom is -0.495 e. The molecule has 1 atom stereocenters. The minimum atomic E-state index is 0.267. The van der Waals surface area contributed by atoms with E-state index in [-0.39, 0.29) is 6.04 Å². The van der Waals surface area contributed by atoms with E-state index in [1.54, 1.807) is 18.4 Å². The monoisotopic (exact) mass is 296 g/mol. The molecule has 0 spiro atoms. The Morgan fingerprint density at radius 3 is 2.89 bits per heavy atom. The van der Waals surface area contributed by atoms with Crippen molar-refractivity contribution in [2.75, 3.05) is 13.7 Å². The van der Waals surface area contributed by atoms with Gasteiger partial charge in [-0.15, -0.1) is 11.3 Å². The Hall–Kier alpha value is -1.10. The molecule has 0 aliphatic rings. The van der Waals surface area contributed by atoms with Crippen molar-refractivity contribution in [1.29, 1.82) is 0 Å². The van der Waals surface area contributed by atoms with Crippen LogP contribution in [0, 0.1) is 0 Å². The van der Waals surface area contributed by atoms with Crippen LogP contribution in [-0.2, 0) is 0 Å². The highest BCUT2D eigenvalue weighted by Crippen LogP contribution is 2.32. The highest BCUT2D eigenvalue weighted by molar-refractivity contribution is 7.13. The molecule has 1 N–H and O–H groups in total. The van der Waals surface area contributed by atoms with Gasteiger partial charge in [-0.25, -0.2) is 4.98 Å². The van der Waals surface area contributed by atoms with E-state index < -0.39 is 0 Å². The molecule has 0 bridgehead atoms. The Morgan fingerprint density at radius 2 is 2.26 bits per heavy atom.